The van der Waals surface area contributed by atoms with Crippen molar-refractivity contribution >= 4 is 43.0 Å². The fraction of sp³-hybridized carbons (Fsp3) is 0.455. The van der Waals surface area contributed by atoms with Crippen LogP contribution in [-0.2, 0) is 20.0 Å². The first kappa shape index (κ1) is 24.8. The lowest BCUT2D eigenvalue weighted by Crippen LogP contribution is -2.44. The van der Waals surface area contributed by atoms with Crippen LogP contribution in [0.25, 0.3) is 0 Å². The summed E-state index contributed by atoms with van der Waals surface area (Å²) in [6, 6.07) is 13.7. The van der Waals surface area contributed by atoms with Crippen molar-refractivity contribution in [1.29, 1.82) is 0 Å². The molecule has 2 aromatic rings. The molecule has 3 rings (SSSR count). The van der Waals surface area contributed by atoms with E-state index >= 15 is 0 Å². The minimum Gasteiger partial charge on any atom is -0.371 e. The van der Waals surface area contributed by atoms with E-state index in [1.807, 2.05) is 13.8 Å². The van der Waals surface area contributed by atoms with Crippen molar-refractivity contribution in [3.05, 3.63) is 53.6 Å². The quantitative estimate of drug-likeness (QED) is 0.598. The van der Waals surface area contributed by atoms with Gasteiger partial charge in [0.1, 0.15) is 0 Å². The van der Waals surface area contributed by atoms with Crippen molar-refractivity contribution in [3.8, 4) is 0 Å². The second-order valence-corrected chi connectivity index (χ2v) is 12.6. The standard InChI is InChI=1S/C22H30ClN3O4S2/c1-17(2)16-26(22-7-5-4-6-21(22)23)32(29,30)20-10-8-19(9-11-20)25-14-12-18(13-15-25)24-31(3,27)28/h4-11,17-18,24H,12-16H2,1-3H3. The van der Waals surface area contributed by atoms with Gasteiger partial charge in [-0.3, -0.25) is 4.31 Å². The number of benzene rings is 2. The Kier molecular flexibility index (Phi) is 7.75. The van der Waals surface area contributed by atoms with Gasteiger partial charge in [-0.05, 0) is 55.2 Å². The predicted molar refractivity (Wildman–Crippen MR) is 130 cm³/mol. The Labute approximate surface area is 196 Å². The Morgan fingerprint density at radius 1 is 1.03 bits per heavy atom. The molecule has 10 heteroatoms. The minimum absolute atomic E-state index is 0.0684. The Bertz CT molecular complexity index is 1130. The van der Waals surface area contributed by atoms with Crippen molar-refractivity contribution in [2.75, 3.05) is 35.1 Å². The highest BCUT2D eigenvalue weighted by Crippen LogP contribution is 2.32. The molecular weight excluding hydrogens is 470 g/mol. The van der Waals surface area contributed by atoms with E-state index in [1.165, 1.54) is 10.6 Å². The average Bonchev–Trinajstić information content (AvgIpc) is 2.72. The molecule has 176 valence electrons. The summed E-state index contributed by atoms with van der Waals surface area (Å²) in [6.45, 7) is 5.63. The van der Waals surface area contributed by atoms with Crippen molar-refractivity contribution in [1.82, 2.24) is 4.72 Å². The Hall–Kier alpha value is -1.81. The van der Waals surface area contributed by atoms with Gasteiger partial charge in [-0.25, -0.2) is 21.6 Å². The highest BCUT2D eigenvalue weighted by atomic mass is 35.5. The molecule has 1 heterocycles. The first-order chi connectivity index (χ1) is 15.0. The zero-order valence-electron chi connectivity index (χ0n) is 18.5. The number of nitrogens with one attached hydrogen (secondary N) is 1. The van der Waals surface area contributed by atoms with E-state index in [0.29, 0.717) is 43.2 Å². The van der Waals surface area contributed by atoms with Gasteiger partial charge in [0.15, 0.2) is 0 Å². The van der Waals surface area contributed by atoms with Crippen LogP contribution in [0.2, 0.25) is 5.02 Å². The van der Waals surface area contributed by atoms with Crippen molar-refractivity contribution < 1.29 is 16.8 Å². The van der Waals surface area contributed by atoms with Crippen molar-refractivity contribution in [3.63, 3.8) is 0 Å². The maximum Gasteiger partial charge on any atom is 0.264 e. The van der Waals surface area contributed by atoms with E-state index in [-0.39, 0.29) is 16.9 Å². The monoisotopic (exact) mass is 499 g/mol. The average molecular weight is 500 g/mol. The summed E-state index contributed by atoms with van der Waals surface area (Å²) in [6.07, 6.45) is 2.56. The van der Waals surface area contributed by atoms with Gasteiger partial charge in [0, 0.05) is 31.4 Å². The number of hydrogen-bond donors (Lipinski definition) is 1. The van der Waals surface area contributed by atoms with Crippen LogP contribution < -0.4 is 13.9 Å². The minimum atomic E-state index is -3.79. The molecule has 32 heavy (non-hydrogen) atoms. The molecular formula is C22H30ClN3O4S2. The molecule has 1 saturated heterocycles. The van der Waals surface area contributed by atoms with E-state index in [9.17, 15) is 16.8 Å². The van der Waals surface area contributed by atoms with Gasteiger partial charge in [0.25, 0.3) is 10.0 Å². The first-order valence-electron chi connectivity index (χ1n) is 10.6. The molecule has 1 fully saturated rings. The fourth-order valence-electron chi connectivity index (χ4n) is 3.83. The summed E-state index contributed by atoms with van der Waals surface area (Å²) in [4.78, 5) is 2.34. The third kappa shape index (κ3) is 6.15. The lowest BCUT2D eigenvalue weighted by atomic mass is 10.1. The second-order valence-electron chi connectivity index (χ2n) is 8.53. The molecule has 0 radical (unpaired) electrons. The fourth-order valence-corrected chi connectivity index (χ4v) is 6.60. The van der Waals surface area contributed by atoms with E-state index in [4.69, 9.17) is 11.6 Å². The molecule has 0 aliphatic carbocycles. The van der Waals surface area contributed by atoms with Gasteiger partial charge in [0.2, 0.25) is 10.0 Å². The maximum atomic E-state index is 13.5. The van der Waals surface area contributed by atoms with Gasteiger partial charge in [-0.2, -0.15) is 0 Å². The van der Waals surface area contributed by atoms with Gasteiger partial charge >= 0.3 is 0 Å². The molecule has 0 spiro atoms. The summed E-state index contributed by atoms with van der Waals surface area (Å²) in [7, 11) is -7.01. The van der Waals surface area contributed by atoms with Crippen LogP contribution in [-0.4, -0.2) is 48.8 Å². The SMILES string of the molecule is CC(C)CN(c1ccccc1Cl)S(=O)(=O)c1ccc(N2CCC(NS(C)(=O)=O)CC2)cc1. The summed E-state index contributed by atoms with van der Waals surface area (Å²) in [5.74, 6) is 0.113. The van der Waals surface area contributed by atoms with E-state index in [2.05, 4.69) is 9.62 Å². The van der Waals surface area contributed by atoms with Gasteiger partial charge < -0.3 is 4.90 Å². The van der Waals surface area contributed by atoms with Crippen LogP contribution >= 0.6 is 11.6 Å². The van der Waals surface area contributed by atoms with Crippen LogP contribution in [0.4, 0.5) is 11.4 Å². The summed E-state index contributed by atoms with van der Waals surface area (Å²) < 4.78 is 53.8. The molecule has 0 aromatic heterocycles. The molecule has 1 aliphatic heterocycles. The number of anilines is 2. The van der Waals surface area contributed by atoms with Crippen LogP contribution in [0.3, 0.4) is 0 Å². The number of nitrogens with zero attached hydrogens (tertiary/aromatic N) is 2. The van der Waals surface area contributed by atoms with Crippen LogP contribution in [0.5, 0.6) is 0 Å². The summed E-state index contributed by atoms with van der Waals surface area (Å²) in [5, 5.41) is 0.388. The number of hydrogen-bond acceptors (Lipinski definition) is 5. The van der Waals surface area contributed by atoms with Crippen LogP contribution in [0.1, 0.15) is 26.7 Å². The second kappa shape index (κ2) is 9.99. The van der Waals surface area contributed by atoms with Gasteiger partial charge in [-0.15, -0.1) is 0 Å². The molecule has 1 N–H and O–H groups in total. The zero-order chi connectivity index (χ0) is 23.5. The Morgan fingerprint density at radius 2 is 1.62 bits per heavy atom. The highest BCUT2D eigenvalue weighted by molar-refractivity contribution is 7.92. The number of halogens is 1. The Balaban J connectivity index is 1.79. The molecule has 0 unspecified atom stereocenters. The predicted octanol–water partition coefficient (Wildman–Crippen LogP) is 3.71. The Morgan fingerprint density at radius 3 is 2.16 bits per heavy atom. The number of para-hydroxylation sites is 1. The highest BCUT2D eigenvalue weighted by Gasteiger charge is 2.28. The molecule has 0 bridgehead atoms. The number of piperidine rings is 1. The number of sulfonamides is 2. The van der Waals surface area contributed by atoms with Crippen LogP contribution in [0, 0.1) is 5.92 Å². The third-order valence-electron chi connectivity index (χ3n) is 5.32. The van der Waals surface area contributed by atoms with E-state index < -0.39 is 20.0 Å². The van der Waals surface area contributed by atoms with Crippen molar-refractivity contribution in [2.24, 2.45) is 5.92 Å². The molecule has 0 atom stereocenters. The molecule has 7 nitrogen and oxygen atoms in total. The number of rotatable bonds is 8. The van der Waals surface area contributed by atoms with Crippen molar-refractivity contribution in [2.45, 2.75) is 37.6 Å². The maximum absolute atomic E-state index is 13.5. The normalized spacial score (nSPS) is 15.8. The largest absolute Gasteiger partial charge is 0.371 e. The lowest BCUT2D eigenvalue weighted by Gasteiger charge is -2.33. The van der Waals surface area contributed by atoms with E-state index in [0.717, 1.165) is 5.69 Å². The van der Waals surface area contributed by atoms with Gasteiger partial charge in [-0.1, -0.05) is 37.6 Å². The smallest absolute Gasteiger partial charge is 0.264 e. The summed E-state index contributed by atoms with van der Waals surface area (Å²) in [5.41, 5.74) is 1.38. The first-order valence-corrected chi connectivity index (χ1v) is 14.3. The molecule has 2 aromatic carbocycles. The third-order valence-corrected chi connectivity index (χ3v) is 8.19. The molecule has 0 saturated carbocycles. The topological polar surface area (TPSA) is 86.8 Å². The summed E-state index contributed by atoms with van der Waals surface area (Å²) >= 11 is 6.32. The lowest BCUT2D eigenvalue weighted by molar-refractivity contribution is 0.461. The van der Waals surface area contributed by atoms with E-state index in [1.54, 1.807) is 48.5 Å². The zero-order valence-corrected chi connectivity index (χ0v) is 20.9. The molecule has 1 aliphatic rings. The van der Waals surface area contributed by atoms with Gasteiger partial charge in [0.05, 0.1) is 21.9 Å². The van der Waals surface area contributed by atoms with Crippen LogP contribution in [0.15, 0.2) is 53.4 Å². The molecule has 0 amide bonds.